The first-order valence-corrected chi connectivity index (χ1v) is 4.98. The Morgan fingerprint density at radius 2 is 1.85 bits per heavy atom. The Labute approximate surface area is 79.7 Å². The van der Waals surface area contributed by atoms with E-state index in [4.69, 9.17) is 4.74 Å². The van der Waals surface area contributed by atoms with Crippen molar-refractivity contribution in [3.63, 3.8) is 0 Å². The van der Waals surface area contributed by atoms with Gasteiger partial charge in [0.15, 0.2) is 0 Å². The van der Waals surface area contributed by atoms with Crippen molar-refractivity contribution in [2.24, 2.45) is 0 Å². The van der Waals surface area contributed by atoms with Crippen LogP contribution in [0.5, 0.6) is 5.75 Å². The molecule has 1 saturated carbocycles. The van der Waals surface area contributed by atoms with Gasteiger partial charge in [0, 0.05) is 0 Å². The largest absolute Gasteiger partial charge is 0.494 e. The summed E-state index contributed by atoms with van der Waals surface area (Å²) in [6, 6.07) is 8.53. The van der Waals surface area contributed by atoms with Gasteiger partial charge in [-0.05, 0) is 42.9 Å². The van der Waals surface area contributed by atoms with Gasteiger partial charge in [0.2, 0.25) is 0 Å². The molecule has 1 aliphatic rings. The van der Waals surface area contributed by atoms with Gasteiger partial charge in [-0.2, -0.15) is 0 Å². The van der Waals surface area contributed by atoms with E-state index in [-0.39, 0.29) is 0 Å². The number of ether oxygens (including phenoxy) is 1. The number of benzene rings is 1. The summed E-state index contributed by atoms with van der Waals surface area (Å²) in [5.41, 5.74) is 1.93. The third-order valence-electron chi connectivity index (χ3n) is 2.86. The molecule has 0 heterocycles. The van der Waals surface area contributed by atoms with Crippen LogP contribution < -0.4 is 4.74 Å². The molecule has 13 heavy (non-hydrogen) atoms. The molecule has 0 saturated heterocycles. The highest BCUT2D eigenvalue weighted by atomic mass is 16.5. The topological polar surface area (TPSA) is 9.23 Å². The number of hydrogen-bond acceptors (Lipinski definition) is 1. The van der Waals surface area contributed by atoms with E-state index in [1.165, 1.54) is 18.4 Å². The van der Waals surface area contributed by atoms with E-state index in [1.54, 1.807) is 0 Å². The van der Waals surface area contributed by atoms with E-state index in [9.17, 15) is 0 Å². The molecule has 0 unspecified atom stereocenters. The molecular formula is C12H16O. The fraction of sp³-hybridized carbons (Fsp3) is 0.500. The lowest BCUT2D eigenvalue weighted by atomic mass is 9.99. The van der Waals surface area contributed by atoms with E-state index in [2.05, 4.69) is 31.2 Å². The van der Waals surface area contributed by atoms with Crippen LogP contribution in [0, 0.1) is 0 Å². The maximum Gasteiger partial charge on any atom is 0.119 e. The average Bonchev–Trinajstić information content (AvgIpc) is 2.87. The highest BCUT2D eigenvalue weighted by Crippen LogP contribution is 2.47. The summed E-state index contributed by atoms with van der Waals surface area (Å²) >= 11 is 0. The van der Waals surface area contributed by atoms with Gasteiger partial charge < -0.3 is 4.74 Å². The molecule has 1 fully saturated rings. The van der Waals surface area contributed by atoms with E-state index in [0.717, 1.165) is 12.4 Å². The first-order chi connectivity index (χ1) is 6.24. The lowest BCUT2D eigenvalue weighted by Gasteiger charge is -2.09. The number of hydrogen-bond donors (Lipinski definition) is 0. The Morgan fingerprint density at radius 1 is 1.23 bits per heavy atom. The van der Waals surface area contributed by atoms with E-state index in [1.807, 2.05) is 6.92 Å². The van der Waals surface area contributed by atoms with Gasteiger partial charge in [-0.15, -0.1) is 0 Å². The molecule has 0 amide bonds. The van der Waals surface area contributed by atoms with Gasteiger partial charge in [0.05, 0.1) is 6.61 Å². The maximum atomic E-state index is 5.39. The second-order valence-corrected chi connectivity index (χ2v) is 4.02. The fourth-order valence-electron chi connectivity index (χ4n) is 1.60. The van der Waals surface area contributed by atoms with Crippen molar-refractivity contribution in [3.8, 4) is 5.75 Å². The molecule has 0 aliphatic heterocycles. The minimum atomic E-state index is 0.477. The third-order valence-corrected chi connectivity index (χ3v) is 2.86. The highest BCUT2D eigenvalue weighted by Gasteiger charge is 2.38. The predicted octanol–water partition coefficient (Wildman–Crippen LogP) is 3.14. The summed E-state index contributed by atoms with van der Waals surface area (Å²) in [7, 11) is 0. The van der Waals surface area contributed by atoms with E-state index < -0.39 is 0 Å². The Balaban J connectivity index is 2.14. The average molecular weight is 176 g/mol. The van der Waals surface area contributed by atoms with Crippen LogP contribution in [0.1, 0.15) is 32.3 Å². The molecule has 1 nitrogen and oxygen atoms in total. The fourth-order valence-corrected chi connectivity index (χ4v) is 1.60. The zero-order valence-electron chi connectivity index (χ0n) is 8.34. The molecule has 0 aromatic heterocycles. The zero-order chi connectivity index (χ0) is 9.31. The van der Waals surface area contributed by atoms with Crippen LogP contribution in [0.4, 0.5) is 0 Å². The van der Waals surface area contributed by atoms with Crippen molar-refractivity contribution in [2.75, 3.05) is 6.61 Å². The number of rotatable bonds is 3. The van der Waals surface area contributed by atoms with Crippen LogP contribution in [0.15, 0.2) is 24.3 Å². The molecule has 0 radical (unpaired) electrons. The third kappa shape index (κ3) is 1.69. The van der Waals surface area contributed by atoms with Gasteiger partial charge >= 0.3 is 0 Å². The Hall–Kier alpha value is -0.980. The minimum Gasteiger partial charge on any atom is -0.494 e. The monoisotopic (exact) mass is 176 g/mol. The molecule has 0 N–H and O–H groups in total. The van der Waals surface area contributed by atoms with Crippen molar-refractivity contribution in [1.82, 2.24) is 0 Å². The second kappa shape index (κ2) is 3.06. The smallest absolute Gasteiger partial charge is 0.119 e. The summed E-state index contributed by atoms with van der Waals surface area (Å²) in [6.45, 7) is 5.08. The minimum absolute atomic E-state index is 0.477. The zero-order valence-corrected chi connectivity index (χ0v) is 8.34. The van der Waals surface area contributed by atoms with Crippen molar-refractivity contribution in [1.29, 1.82) is 0 Å². The lowest BCUT2D eigenvalue weighted by molar-refractivity contribution is 0.340. The summed E-state index contributed by atoms with van der Waals surface area (Å²) in [6.07, 6.45) is 2.67. The molecule has 1 aromatic rings. The van der Waals surface area contributed by atoms with Crippen molar-refractivity contribution >= 4 is 0 Å². The second-order valence-electron chi connectivity index (χ2n) is 4.02. The molecular weight excluding hydrogens is 160 g/mol. The molecule has 0 bridgehead atoms. The summed E-state index contributed by atoms with van der Waals surface area (Å²) in [5.74, 6) is 0.982. The van der Waals surface area contributed by atoms with Crippen molar-refractivity contribution < 1.29 is 4.74 Å². The SMILES string of the molecule is CCOc1ccc(C2(C)CC2)cc1. The quantitative estimate of drug-likeness (QED) is 0.687. The van der Waals surface area contributed by atoms with E-state index in [0.29, 0.717) is 5.41 Å². The first kappa shape index (κ1) is 8.61. The van der Waals surface area contributed by atoms with Crippen LogP contribution in [-0.2, 0) is 5.41 Å². The summed E-state index contributed by atoms with van der Waals surface area (Å²) in [4.78, 5) is 0. The summed E-state index contributed by atoms with van der Waals surface area (Å²) < 4.78 is 5.39. The molecule has 70 valence electrons. The molecule has 0 atom stereocenters. The normalized spacial score (nSPS) is 18.3. The molecule has 1 aliphatic carbocycles. The molecule has 2 rings (SSSR count). The molecule has 0 spiro atoms. The van der Waals surface area contributed by atoms with Crippen LogP contribution in [0.25, 0.3) is 0 Å². The van der Waals surface area contributed by atoms with Crippen molar-refractivity contribution in [3.05, 3.63) is 29.8 Å². The van der Waals surface area contributed by atoms with Gasteiger partial charge in [-0.1, -0.05) is 19.1 Å². The van der Waals surface area contributed by atoms with Gasteiger partial charge in [0.25, 0.3) is 0 Å². The maximum absolute atomic E-state index is 5.39. The van der Waals surface area contributed by atoms with Gasteiger partial charge in [-0.3, -0.25) is 0 Å². The van der Waals surface area contributed by atoms with Crippen LogP contribution >= 0.6 is 0 Å². The Bertz CT molecular complexity index is 282. The standard InChI is InChI=1S/C12H16O/c1-3-13-11-6-4-10(5-7-11)12(2)8-9-12/h4-7H,3,8-9H2,1-2H3. The van der Waals surface area contributed by atoms with Crippen molar-refractivity contribution in [2.45, 2.75) is 32.1 Å². The Morgan fingerprint density at radius 3 is 2.31 bits per heavy atom. The highest BCUT2D eigenvalue weighted by molar-refractivity contribution is 5.35. The summed E-state index contributed by atoms with van der Waals surface area (Å²) in [5, 5.41) is 0. The van der Waals surface area contributed by atoms with E-state index >= 15 is 0 Å². The van der Waals surface area contributed by atoms with Crippen LogP contribution in [0.3, 0.4) is 0 Å². The van der Waals surface area contributed by atoms with Gasteiger partial charge in [0.1, 0.15) is 5.75 Å². The predicted molar refractivity (Wildman–Crippen MR) is 54.2 cm³/mol. The molecule has 1 aromatic carbocycles. The first-order valence-electron chi connectivity index (χ1n) is 4.98. The van der Waals surface area contributed by atoms with Gasteiger partial charge in [-0.25, -0.2) is 0 Å². The molecule has 1 heteroatoms. The van der Waals surface area contributed by atoms with Crippen LogP contribution in [0.2, 0.25) is 0 Å². The van der Waals surface area contributed by atoms with Crippen LogP contribution in [-0.4, -0.2) is 6.61 Å². The lowest BCUT2D eigenvalue weighted by Crippen LogP contribution is -1.99. The Kier molecular flexibility index (Phi) is 2.03.